The summed E-state index contributed by atoms with van der Waals surface area (Å²) in [6.07, 6.45) is 9.93. The minimum absolute atomic E-state index is 0.00791. The molecule has 32 heavy (non-hydrogen) atoms. The molecule has 0 unspecified atom stereocenters. The van der Waals surface area contributed by atoms with Gasteiger partial charge in [0, 0.05) is 36.5 Å². The van der Waals surface area contributed by atoms with Gasteiger partial charge in [-0.25, -0.2) is 0 Å². The summed E-state index contributed by atoms with van der Waals surface area (Å²) in [5.74, 6) is 0.0670. The molecule has 3 aromatic carbocycles. The molecule has 5 rings (SSSR count). The number of benzene rings is 3. The van der Waals surface area contributed by atoms with E-state index < -0.39 is 0 Å². The van der Waals surface area contributed by atoms with Crippen LogP contribution >= 0.6 is 0 Å². The third-order valence-electron chi connectivity index (χ3n) is 5.78. The van der Waals surface area contributed by atoms with Crippen molar-refractivity contribution in [2.45, 2.75) is 12.5 Å². The monoisotopic (exact) mass is 415 g/mol. The van der Waals surface area contributed by atoms with Crippen molar-refractivity contribution in [3.05, 3.63) is 148 Å². The third-order valence-corrected chi connectivity index (χ3v) is 5.78. The minimum atomic E-state index is -0.00791. The highest BCUT2D eigenvalue weighted by molar-refractivity contribution is 5.77. The maximum Gasteiger partial charge on any atom is 0.250 e. The Morgan fingerprint density at radius 3 is 2.22 bits per heavy atom. The molecule has 0 atom stereocenters. The average Bonchev–Trinajstić information content (AvgIpc) is 3.32. The second-order valence-electron chi connectivity index (χ2n) is 7.83. The highest BCUT2D eigenvalue weighted by Crippen LogP contribution is 2.31. The predicted molar refractivity (Wildman–Crippen MR) is 131 cm³/mol. The molecule has 1 aliphatic heterocycles. The predicted octanol–water partition coefficient (Wildman–Crippen LogP) is 5.96. The second kappa shape index (κ2) is 8.94. The summed E-state index contributed by atoms with van der Waals surface area (Å²) >= 11 is 0. The van der Waals surface area contributed by atoms with E-state index >= 15 is 0 Å². The molecule has 4 aromatic rings. The topological polar surface area (TPSA) is 36.1 Å². The number of rotatable bonds is 6. The lowest BCUT2D eigenvalue weighted by Crippen LogP contribution is -2.19. The van der Waals surface area contributed by atoms with E-state index in [1.165, 1.54) is 11.1 Å². The van der Waals surface area contributed by atoms with Crippen molar-refractivity contribution in [3.63, 3.8) is 0 Å². The highest BCUT2D eigenvalue weighted by Gasteiger charge is 2.17. The van der Waals surface area contributed by atoms with Crippen LogP contribution in [0.4, 0.5) is 5.69 Å². The Kier molecular flexibility index (Phi) is 5.54. The fourth-order valence-corrected chi connectivity index (χ4v) is 4.23. The first kappa shape index (κ1) is 19.8. The molecule has 155 valence electrons. The standard InChI is InChI=1S/C29H23N2O/c32-28-17-16-25(29(23-9-3-1-4-10-23)24-11-5-2-6-12-24)21-31(28)20-8-14-22-13-7-15-27-26(22)18-19-30-27/h1-19,21,29H,20H2/b14-8+. The first-order valence-electron chi connectivity index (χ1n) is 10.8. The van der Waals surface area contributed by atoms with Crippen molar-refractivity contribution in [2.24, 2.45) is 0 Å². The first-order valence-corrected chi connectivity index (χ1v) is 10.8. The average molecular weight is 416 g/mol. The Bertz CT molecular complexity index is 1300. The van der Waals surface area contributed by atoms with E-state index in [4.69, 9.17) is 0 Å². The van der Waals surface area contributed by atoms with Gasteiger partial charge in [-0.1, -0.05) is 91.0 Å². The Morgan fingerprint density at radius 2 is 1.50 bits per heavy atom. The number of allylic oxidation sites excluding steroid dienone is 1. The Hall–Kier alpha value is -4.11. The summed E-state index contributed by atoms with van der Waals surface area (Å²) in [4.78, 5) is 12.6. The lowest BCUT2D eigenvalue weighted by Gasteiger charge is -2.19. The smallest absolute Gasteiger partial charge is 0.250 e. The summed E-state index contributed by atoms with van der Waals surface area (Å²) in [6.45, 7) is 0.507. The molecule has 1 radical (unpaired) electrons. The van der Waals surface area contributed by atoms with Crippen LogP contribution in [0.5, 0.6) is 0 Å². The van der Waals surface area contributed by atoms with Crippen LogP contribution in [-0.4, -0.2) is 4.57 Å². The molecule has 0 fully saturated rings. The van der Waals surface area contributed by atoms with E-state index in [0.29, 0.717) is 6.54 Å². The van der Waals surface area contributed by atoms with Crippen LogP contribution in [0.2, 0.25) is 0 Å². The van der Waals surface area contributed by atoms with E-state index in [-0.39, 0.29) is 11.5 Å². The molecule has 0 spiro atoms. The van der Waals surface area contributed by atoms with Crippen molar-refractivity contribution >= 4 is 17.8 Å². The summed E-state index contributed by atoms with van der Waals surface area (Å²) in [7, 11) is 0. The molecule has 0 saturated heterocycles. The molecular formula is C29H23N2O. The summed E-state index contributed by atoms with van der Waals surface area (Å²) < 4.78 is 1.77. The number of hydrogen-bond donors (Lipinski definition) is 0. The number of nitrogens with zero attached hydrogens (tertiary/aromatic N) is 2. The van der Waals surface area contributed by atoms with Crippen molar-refractivity contribution in [1.82, 2.24) is 9.88 Å². The molecule has 3 nitrogen and oxygen atoms in total. The van der Waals surface area contributed by atoms with Gasteiger partial charge in [-0.3, -0.25) is 10.1 Å². The van der Waals surface area contributed by atoms with E-state index in [0.717, 1.165) is 22.4 Å². The third kappa shape index (κ3) is 4.06. The van der Waals surface area contributed by atoms with Crippen LogP contribution in [0.1, 0.15) is 33.7 Å². The molecule has 1 aliphatic rings. The molecule has 0 bridgehead atoms. The van der Waals surface area contributed by atoms with Crippen molar-refractivity contribution in [3.8, 4) is 0 Å². The van der Waals surface area contributed by atoms with Crippen LogP contribution in [0.3, 0.4) is 0 Å². The van der Waals surface area contributed by atoms with Gasteiger partial charge in [0.25, 0.3) is 5.56 Å². The van der Waals surface area contributed by atoms with Gasteiger partial charge >= 0.3 is 0 Å². The zero-order valence-electron chi connectivity index (χ0n) is 17.6. The maximum absolute atomic E-state index is 12.6. The molecule has 0 N–H and O–H groups in total. The van der Waals surface area contributed by atoms with E-state index in [9.17, 15) is 4.79 Å². The van der Waals surface area contributed by atoms with Gasteiger partial charge in [-0.2, -0.15) is 0 Å². The Labute approximate surface area is 188 Å². The SMILES string of the molecule is O=c1ccc(C(c2ccccc2)c2ccccc2)cn1C/C=C/c1cccc2c1C=C[N]2. The van der Waals surface area contributed by atoms with Gasteiger partial charge < -0.3 is 4.57 Å². The zero-order valence-corrected chi connectivity index (χ0v) is 17.6. The second-order valence-corrected chi connectivity index (χ2v) is 7.83. The van der Waals surface area contributed by atoms with E-state index in [1.54, 1.807) is 10.6 Å². The molecule has 0 aliphatic carbocycles. The maximum atomic E-state index is 12.6. The molecular weight excluding hydrogens is 392 g/mol. The minimum Gasteiger partial charge on any atom is -0.311 e. The molecule has 1 aromatic heterocycles. The van der Waals surface area contributed by atoms with Crippen molar-refractivity contribution in [2.75, 3.05) is 0 Å². The van der Waals surface area contributed by atoms with Crippen LogP contribution in [0.25, 0.3) is 12.2 Å². The van der Waals surface area contributed by atoms with E-state index in [1.807, 2.05) is 54.9 Å². The van der Waals surface area contributed by atoms with E-state index in [2.05, 4.69) is 66.0 Å². The zero-order chi connectivity index (χ0) is 21.8. The number of aromatic nitrogens is 1. The normalized spacial score (nSPS) is 12.3. The van der Waals surface area contributed by atoms with Crippen LogP contribution in [0, 0.1) is 0 Å². The molecule has 0 saturated carbocycles. The fraction of sp³-hybridized carbons (Fsp3) is 0.0690. The van der Waals surface area contributed by atoms with Crippen LogP contribution < -0.4 is 10.9 Å². The van der Waals surface area contributed by atoms with Crippen LogP contribution in [-0.2, 0) is 6.54 Å². The van der Waals surface area contributed by atoms with Crippen LogP contribution in [0.15, 0.2) is 114 Å². The van der Waals surface area contributed by atoms with Crippen molar-refractivity contribution in [1.29, 1.82) is 0 Å². The summed E-state index contributed by atoms with van der Waals surface area (Å²) in [6, 6.07) is 30.6. The fourth-order valence-electron chi connectivity index (χ4n) is 4.23. The largest absolute Gasteiger partial charge is 0.311 e. The lowest BCUT2D eigenvalue weighted by atomic mass is 9.86. The highest BCUT2D eigenvalue weighted by atomic mass is 16.1. The van der Waals surface area contributed by atoms with Gasteiger partial charge in [-0.15, -0.1) is 0 Å². The van der Waals surface area contributed by atoms with Gasteiger partial charge in [0.2, 0.25) is 0 Å². The van der Waals surface area contributed by atoms with Gasteiger partial charge in [0.05, 0.1) is 5.69 Å². The first-order chi connectivity index (χ1) is 15.8. The molecule has 0 amide bonds. The van der Waals surface area contributed by atoms with Crippen molar-refractivity contribution < 1.29 is 0 Å². The molecule has 3 heteroatoms. The summed E-state index contributed by atoms with van der Waals surface area (Å²) in [5, 5.41) is 4.36. The van der Waals surface area contributed by atoms with Gasteiger partial charge in [0.15, 0.2) is 0 Å². The number of hydrogen-bond acceptors (Lipinski definition) is 1. The number of pyridine rings is 1. The lowest BCUT2D eigenvalue weighted by molar-refractivity contribution is 0.763. The van der Waals surface area contributed by atoms with Gasteiger partial charge in [-0.05, 0) is 34.4 Å². The molecule has 2 heterocycles. The Balaban J connectivity index is 1.47. The Morgan fingerprint density at radius 1 is 0.781 bits per heavy atom. The quantitative estimate of drug-likeness (QED) is 0.383. The van der Waals surface area contributed by atoms with Gasteiger partial charge in [0.1, 0.15) is 0 Å². The summed E-state index contributed by atoms with van der Waals surface area (Å²) in [5.41, 5.74) is 6.71. The number of fused-ring (bicyclic) bond motifs is 1.